The van der Waals surface area contributed by atoms with Crippen LogP contribution in [-0.2, 0) is 9.59 Å². The van der Waals surface area contributed by atoms with E-state index >= 15 is 0 Å². The van der Waals surface area contributed by atoms with E-state index in [4.69, 9.17) is 0 Å². The number of carbonyl (C=O) groups is 2. The molecule has 3 saturated heterocycles. The Hall–Kier alpha value is -1.92. The first-order chi connectivity index (χ1) is 13.5. The average molecular weight is 386 g/mol. The highest BCUT2D eigenvalue weighted by Crippen LogP contribution is 2.46. The van der Waals surface area contributed by atoms with Crippen LogP contribution in [0.3, 0.4) is 0 Å². The summed E-state index contributed by atoms with van der Waals surface area (Å²) in [5.74, 6) is 0.286. The van der Waals surface area contributed by atoms with E-state index in [1.165, 1.54) is 12.8 Å². The number of aliphatic hydroxyl groups is 1. The summed E-state index contributed by atoms with van der Waals surface area (Å²) in [4.78, 5) is 31.8. The fraction of sp³-hybridized carbons (Fsp3) is 0.636. The van der Waals surface area contributed by atoms with Crippen LogP contribution in [0.1, 0.15) is 43.7 Å². The van der Waals surface area contributed by atoms with Crippen molar-refractivity contribution in [3.63, 3.8) is 0 Å². The molecule has 1 aromatic rings. The van der Waals surface area contributed by atoms with Crippen molar-refractivity contribution in [2.75, 3.05) is 39.8 Å². The zero-order valence-electron chi connectivity index (χ0n) is 16.7. The molecule has 0 saturated carbocycles. The average Bonchev–Trinajstić information content (AvgIpc) is 3.21. The van der Waals surface area contributed by atoms with Gasteiger partial charge >= 0.3 is 0 Å². The number of hydrogen-bond donors (Lipinski definition) is 1. The standard InChI is InChI=1S/C22H31N3O3/c1-23-20(17-7-3-2-4-8-17)18(26)15-22(21(23)28)9-13-25(14-10-22)19(27)16-24-11-5-6-12-24/h2-4,7-8,18,20,26H,5-6,9-16H2,1H3/t18-,20+/m1/s1. The molecule has 6 nitrogen and oxygen atoms in total. The van der Waals surface area contributed by atoms with Crippen LogP contribution in [0.25, 0.3) is 0 Å². The smallest absolute Gasteiger partial charge is 0.236 e. The number of likely N-dealkylation sites (tertiary alicyclic amines) is 3. The highest BCUT2D eigenvalue weighted by Gasteiger charge is 2.51. The van der Waals surface area contributed by atoms with E-state index in [1.54, 1.807) is 11.9 Å². The van der Waals surface area contributed by atoms with Gasteiger partial charge in [-0.25, -0.2) is 0 Å². The molecule has 1 spiro atoms. The Morgan fingerprint density at radius 2 is 1.75 bits per heavy atom. The zero-order valence-corrected chi connectivity index (χ0v) is 16.7. The zero-order chi connectivity index (χ0) is 19.7. The van der Waals surface area contributed by atoms with Crippen LogP contribution in [-0.4, -0.2) is 77.5 Å². The van der Waals surface area contributed by atoms with Crippen LogP contribution in [0.5, 0.6) is 0 Å². The van der Waals surface area contributed by atoms with Gasteiger partial charge in [-0.05, 0) is 50.8 Å². The monoisotopic (exact) mass is 385 g/mol. The predicted octanol–water partition coefficient (Wildman–Crippen LogP) is 1.66. The van der Waals surface area contributed by atoms with Crippen molar-refractivity contribution < 1.29 is 14.7 Å². The number of piperidine rings is 2. The SMILES string of the molecule is CN1C(=O)C2(CCN(C(=O)CN3CCCC3)CC2)C[C@@H](O)[C@@H]1c1ccccc1. The first-order valence-electron chi connectivity index (χ1n) is 10.5. The van der Waals surface area contributed by atoms with Gasteiger partial charge in [0, 0.05) is 20.1 Å². The minimum Gasteiger partial charge on any atom is -0.391 e. The molecule has 3 fully saturated rings. The fourth-order valence-electron chi connectivity index (χ4n) is 5.29. The summed E-state index contributed by atoms with van der Waals surface area (Å²) in [6.45, 7) is 3.74. The van der Waals surface area contributed by atoms with Gasteiger partial charge < -0.3 is 14.9 Å². The third-order valence-corrected chi connectivity index (χ3v) is 6.93. The van der Waals surface area contributed by atoms with Gasteiger partial charge in [-0.3, -0.25) is 14.5 Å². The molecule has 2 atom stereocenters. The second-order valence-corrected chi connectivity index (χ2v) is 8.69. The summed E-state index contributed by atoms with van der Waals surface area (Å²) >= 11 is 0. The largest absolute Gasteiger partial charge is 0.391 e. The molecule has 1 aromatic carbocycles. The maximum Gasteiger partial charge on any atom is 0.236 e. The summed E-state index contributed by atoms with van der Waals surface area (Å²) in [5.41, 5.74) is 0.433. The topological polar surface area (TPSA) is 64.1 Å². The lowest BCUT2D eigenvalue weighted by atomic mass is 9.68. The van der Waals surface area contributed by atoms with Crippen molar-refractivity contribution >= 4 is 11.8 Å². The van der Waals surface area contributed by atoms with Crippen LogP contribution in [0.2, 0.25) is 0 Å². The Bertz CT molecular complexity index is 709. The molecular formula is C22H31N3O3. The van der Waals surface area contributed by atoms with Crippen LogP contribution in [0, 0.1) is 5.41 Å². The highest BCUT2D eigenvalue weighted by molar-refractivity contribution is 5.85. The number of benzene rings is 1. The quantitative estimate of drug-likeness (QED) is 0.860. The van der Waals surface area contributed by atoms with E-state index in [0.29, 0.717) is 38.9 Å². The normalized spacial score (nSPS) is 28.1. The van der Waals surface area contributed by atoms with Crippen molar-refractivity contribution in [1.82, 2.24) is 14.7 Å². The van der Waals surface area contributed by atoms with Crippen molar-refractivity contribution in [1.29, 1.82) is 0 Å². The molecule has 0 aliphatic carbocycles. The molecule has 0 unspecified atom stereocenters. The molecule has 1 N–H and O–H groups in total. The van der Waals surface area contributed by atoms with E-state index in [1.807, 2.05) is 35.2 Å². The molecular weight excluding hydrogens is 354 g/mol. The second-order valence-electron chi connectivity index (χ2n) is 8.69. The van der Waals surface area contributed by atoms with Crippen LogP contribution in [0.4, 0.5) is 0 Å². The van der Waals surface area contributed by atoms with Gasteiger partial charge in [-0.1, -0.05) is 30.3 Å². The molecule has 3 aliphatic heterocycles. The Morgan fingerprint density at radius 3 is 2.39 bits per heavy atom. The molecule has 2 amide bonds. The van der Waals surface area contributed by atoms with Crippen molar-refractivity contribution in [2.24, 2.45) is 5.41 Å². The lowest BCUT2D eigenvalue weighted by Gasteiger charge is -2.50. The van der Waals surface area contributed by atoms with Gasteiger partial charge in [0.15, 0.2) is 0 Å². The minimum absolute atomic E-state index is 0.110. The Balaban J connectivity index is 1.41. The first kappa shape index (κ1) is 19.4. The summed E-state index contributed by atoms with van der Waals surface area (Å²) in [6.07, 6.45) is 3.53. The maximum absolute atomic E-state index is 13.3. The summed E-state index contributed by atoms with van der Waals surface area (Å²) in [6, 6.07) is 9.46. The number of rotatable bonds is 3. The lowest BCUT2D eigenvalue weighted by molar-refractivity contribution is -0.163. The Labute approximate surface area is 167 Å². The molecule has 28 heavy (non-hydrogen) atoms. The van der Waals surface area contributed by atoms with Gasteiger partial charge in [0.1, 0.15) is 0 Å². The third-order valence-electron chi connectivity index (χ3n) is 6.93. The minimum atomic E-state index is -0.586. The number of carbonyl (C=O) groups excluding carboxylic acids is 2. The highest BCUT2D eigenvalue weighted by atomic mass is 16.3. The number of aliphatic hydroxyl groups excluding tert-OH is 1. The molecule has 3 heterocycles. The molecule has 4 rings (SSSR count). The van der Waals surface area contributed by atoms with Gasteiger partial charge in [-0.2, -0.15) is 0 Å². The van der Waals surface area contributed by atoms with E-state index in [2.05, 4.69) is 4.90 Å². The summed E-state index contributed by atoms with van der Waals surface area (Å²) < 4.78 is 0. The lowest BCUT2D eigenvalue weighted by Crippen LogP contribution is -2.58. The van der Waals surface area contributed by atoms with Crippen molar-refractivity contribution in [3.8, 4) is 0 Å². The Morgan fingerprint density at radius 1 is 1.11 bits per heavy atom. The second kappa shape index (κ2) is 7.84. The van der Waals surface area contributed by atoms with Gasteiger partial charge in [-0.15, -0.1) is 0 Å². The fourth-order valence-corrected chi connectivity index (χ4v) is 5.29. The molecule has 152 valence electrons. The number of nitrogens with zero attached hydrogens (tertiary/aromatic N) is 3. The van der Waals surface area contributed by atoms with E-state index in [9.17, 15) is 14.7 Å². The van der Waals surface area contributed by atoms with Gasteiger partial charge in [0.25, 0.3) is 0 Å². The molecule has 0 radical (unpaired) electrons. The van der Waals surface area contributed by atoms with Gasteiger partial charge in [0.2, 0.25) is 11.8 Å². The molecule has 0 bridgehead atoms. The van der Waals surface area contributed by atoms with Crippen LogP contribution < -0.4 is 0 Å². The van der Waals surface area contributed by atoms with Gasteiger partial charge in [0.05, 0.1) is 24.1 Å². The van der Waals surface area contributed by atoms with Crippen LogP contribution >= 0.6 is 0 Å². The summed E-state index contributed by atoms with van der Waals surface area (Å²) in [7, 11) is 1.80. The van der Waals surface area contributed by atoms with Crippen molar-refractivity contribution in [2.45, 2.75) is 44.2 Å². The predicted molar refractivity (Wildman–Crippen MR) is 106 cm³/mol. The third kappa shape index (κ3) is 3.55. The number of amides is 2. The molecule has 0 aromatic heterocycles. The number of likely N-dealkylation sites (N-methyl/N-ethyl adjacent to an activating group) is 1. The van der Waals surface area contributed by atoms with E-state index in [0.717, 1.165) is 18.7 Å². The number of hydrogen-bond acceptors (Lipinski definition) is 4. The Kier molecular flexibility index (Phi) is 5.43. The maximum atomic E-state index is 13.3. The molecule has 3 aliphatic rings. The van der Waals surface area contributed by atoms with E-state index < -0.39 is 11.5 Å². The molecule has 6 heteroatoms. The van der Waals surface area contributed by atoms with Crippen LogP contribution in [0.15, 0.2) is 30.3 Å². The summed E-state index contributed by atoms with van der Waals surface area (Å²) in [5, 5.41) is 10.9. The first-order valence-corrected chi connectivity index (χ1v) is 10.5. The van der Waals surface area contributed by atoms with E-state index in [-0.39, 0.29) is 17.9 Å². The van der Waals surface area contributed by atoms with Crippen molar-refractivity contribution in [3.05, 3.63) is 35.9 Å².